The maximum Gasteiger partial charge on any atom is 0.220 e. The molecule has 1 aliphatic rings. The number of pyridine rings is 1. The third-order valence-corrected chi connectivity index (χ3v) is 3.92. The SMILES string of the molecule is Cc1cncc(C)c1C1CCC(C(N)=O)CC1. The van der Waals surface area contributed by atoms with E-state index >= 15 is 0 Å². The summed E-state index contributed by atoms with van der Waals surface area (Å²) in [5, 5.41) is 0. The summed E-state index contributed by atoms with van der Waals surface area (Å²) < 4.78 is 0. The molecule has 2 rings (SSSR count). The van der Waals surface area contributed by atoms with Crippen LogP contribution in [-0.2, 0) is 4.79 Å². The standard InChI is InChI=1S/C14H20N2O/c1-9-7-16-8-10(2)13(9)11-3-5-12(6-4-11)14(15)17/h7-8,11-12H,3-6H2,1-2H3,(H2,15,17). The summed E-state index contributed by atoms with van der Waals surface area (Å²) in [6.07, 6.45) is 7.87. The van der Waals surface area contributed by atoms with Crippen LogP contribution in [-0.4, -0.2) is 10.9 Å². The van der Waals surface area contributed by atoms with Crippen molar-refractivity contribution in [1.82, 2.24) is 4.98 Å². The van der Waals surface area contributed by atoms with E-state index in [1.54, 1.807) is 0 Å². The van der Waals surface area contributed by atoms with Crippen molar-refractivity contribution >= 4 is 5.91 Å². The van der Waals surface area contributed by atoms with E-state index in [4.69, 9.17) is 5.73 Å². The van der Waals surface area contributed by atoms with E-state index in [1.807, 2.05) is 12.4 Å². The molecule has 3 nitrogen and oxygen atoms in total. The number of carbonyl (C=O) groups is 1. The summed E-state index contributed by atoms with van der Waals surface area (Å²) in [6.45, 7) is 4.24. The van der Waals surface area contributed by atoms with Crippen molar-refractivity contribution < 1.29 is 4.79 Å². The van der Waals surface area contributed by atoms with E-state index in [2.05, 4.69) is 18.8 Å². The minimum atomic E-state index is -0.133. The molecule has 0 bridgehead atoms. The molecule has 1 saturated carbocycles. The van der Waals surface area contributed by atoms with Crippen molar-refractivity contribution in [3.63, 3.8) is 0 Å². The van der Waals surface area contributed by atoms with Gasteiger partial charge in [-0.25, -0.2) is 0 Å². The lowest BCUT2D eigenvalue weighted by Gasteiger charge is -2.28. The van der Waals surface area contributed by atoms with Gasteiger partial charge in [-0.1, -0.05) is 0 Å². The van der Waals surface area contributed by atoms with Gasteiger partial charge >= 0.3 is 0 Å². The first-order valence-electron chi connectivity index (χ1n) is 6.30. The molecule has 0 aliphatic heterocycles. The maximum absolute atomic E-state index is 11.1. The summed E-state index contributed by atoms with van der Waals surface area (Å²) in [7, 11) is 0. The predicted molar refractivity (Wildman–Crippen MR) is 67.6 cm³/mol. The number of nitrogens with zero attached hydrogens (tertiary/aromatic N) is 1. The summed E-state index contributed by atoms with van der Waals surface area (Å²) in [6, 6.07) is 0. The molecule has 92 valence electrons. The molecule has 0 spiro atoms. The highest BCUT2D eigenvalue weighted by atomic mass is 16.1. The second kappa shape index (κ2) is 4.86. The Bertz CT molecular complexity index is 400. The number of carbonyl (C=O) groups excluding carboxylic acids is 1. The number of primary amides is 1. The van der Waals surface area contributed by atoms with Gasteiger partial charge in [0.1, 0.15) is 0 Å². The molecule has 1 aromatic heterocycles. The molecule has 17 heavy (non-hydrogen) atoms. The van der Waals surface area contributed by atoms with Gasteiger partial charge in [0, 0.05) is 18.3 Å². The van der Waals surface area contributed by atoms with Crippen molar-refractivity contribution in [1.29, 1.82) is 0 Å². The average molecular weight is 232 g/mol. The van der Waals surface area contributed by atoms with Gasteiger partial charge < -0.3 is 5.73 Å². The van der Waals surface area contributed by atoms with Crippen molar-refractivity contribution in [2.45, 2.75) is 45.4 Å². The number of amides is 1. The zero-order valence-electron chi connectivity index (χ0n) is 10.6. The normalized spacial score (nSPS) is 24.6. The highest BCUT2D eigenvalue weighted by Gasteiger charge is 2.27. The monoisotopic (exact) mass is 232 g/mol. The van der Waals surface area contributed by atoms with Crippen LogP contribution in [0.5, 0.6) is 0 Å². The number of aryl methyl sites for hydroxylation is 2. The van der Waals surface area contributed by atoms with E-state index in [-0.39, 0.29) is 11.8 Å². The van der Waals surface area contributed by atoms with Crippen LogP contribution in [0.2, 0.25) is 0 Å². The molecule has 0 saturated heterocycles. The molecule has 0 unspecified atom stereocenters. The zero-order valence-corrected chi connectivity index (χ0v) is 10.6. The Labute approximate surface area is 102 Å². The third-order valence-electron chi connectivity index (χ3n) is 3.92. The second-order valence-corrected chi connectivity index (χ2v) is 5.14. The lowest BCUT2D eigenvalue weighted by molar-refractivity contribution is -0.122. The Balaban J connectivity index is 2.13. The van der Waals surface area contributed by atoms with Crippen LogP contribution in [0.3, 0.4) is 0 Å². The van der Waals surface area contributed by atoms with Crippen molar-refractivity contribution in [3.8, 4) is 0 Å². The third kappa shape index (κ3) is 2.48. The molecule has 0 atom stereocenters. The van der Waals surface area contributed by atoms with E-state index < -0.39 is 0 Å². The second-order valence-electron chi connectivity index (χ2n) is 5.14. The van der Waals surface area contributed by atoms with Crippen molar-refractivity contribution in [2.75, 3.05) is 0 Å². The van der Waals surface area contributed by atoms with Crippen LogP contribution in [0.1, 0.15) is 48.3 Å². The van der Waals surface area contributed by atoms with Crippen LogP contribution in [0.4, 0.5) is 0 Å². The molecular weight excluding hydrogens is 212 g/mol. The largest absolute Gasteiger partial charge is 0.369 e. The number of nitrogens with two attached hydrogens (primary N) is 1. The van der Waals surface area contributed by atoms with Gasteiger partial charge in [0.05, 0.1) is 0 Å². The number of hydrogen-bond acceptors (Lipinski definition) is 2. The Morgan fingerprint density at radius 1 is 1.18 bits per heavy atom. The molecule has 1 heterocycles. The molecule has 0 aromatic carbocycles. The van der Waals surface area contributed by atoms with Crippen molar-refractivity contribution in [2.24, 2.45) is 11.7 Å². The number of aromatic nitrogens is 1. The summed E-state index contributed by atoms with van der Waals surface area (Å²) in [4.78, 5) is 15.4. The number of hydrogen-bond donors (Lipinski definition) is 1. The Hall–Kier alpha value is -1.38. The minimum absolute atomic E-state index is 0.0914. The number of rotatable bonds is 2. The molecule has 2 N–H and O–H groups in total. The lowest BCUT2D eigenvalue weighted by Crippen LogP contribution is -2.27. The van der Waals surface area contributed by atoms with Crippen LogP contribution < -0.4 is 5.73 Å². The maximum atomic E-state index is 11.1. The van der Waals surface area contributed by atoms with Gasteiger partial charge in [0.25, 0.3) is 0 Å². The Morgan fingerprint density at radius 2 is 1.71 bits per heavy atom. The minimum Gasteiger partial charge on any atom is -0.369 e. The molecular formula is C14H20N2O. The van der Waals surface area contributed by atoms with Gasteiger partial charge in [-0.2, -0.15) is 0 Å². The molecule has 1 aromatic rings. The van der Waals surface area contributed by atoms with Crippen LogP contribution >= 0.6 is 0 Å². The lowest BCUT2D eigenvalue weighted by atomic mass is 9.76. The first-order chi connectivity index (χ1) is 8.09. The fraction of sp³-hybridized carbons (Fsp3) is 0.571. The molecule has 3 heteroatoms. The van der Waals surface area contributed by atoms with Gasteiger partial charge in [-0.05, 0) is 62.1 Å². The van der Waals surface area contributed by atoms with Gasteiger partial charge in [-0.3, -0.25) is 9.78 Å². The summed E-state index contributed by atoms with van der Waals surface area (Å²) >= 11 is 0. The van der Waals surface area contributed by atoms with E-state index in [0.717, 1.165) is 25.7 Å². The topological polar surface area (TPSA) is 56.0 Å². The fourth-order valence-corrected chi connectivity index (χ4v) is 3.02. The highest BCUT2D eigenvalue weighted by molar-refractivity contribution is 5.76. The van der Waals surface area contributed by atoms with E-state index in [9.17, 15) is 4.79 Å². The van der Waals surface area contributed by atoms with Gasteiger partial charge in [0.15, 0.2) is 0 Å². The first-order valence-corrected chi connectivity index (χ1v) is 6.30. The average Bonchev–Trinajstić information content (AvgIpc) is 2.29. The van der Waals surface area contributed by atoms with Gasteiger partial charge in [-0.15, -0.1) is 0 Å². The first kappa shape index (κ1) is 12.1. The highest BCUT2D eigenvalue weighted by Crippen LogP contribution is 2.37. The Kier molecular flexibility index (Phi) is 3.46. The molecule has 1 amide bonds. The van der Waals surface area contributed by atoms with E-state index in [1.165, 1.54) is 16.7 Å². The molecule has 0 radical (unpaired) electrons. The molecule has 1 aliphatic carbocycles. The van der Waals surface area contributed by atoms with Crippen LogP contribution in [0.15, 0.2) is 12.4 Å². The quantitative estimate of drug-likeness (QED) is 0.851. The van der Waals surface area contributed by atoms with Crippen molar-refractivity contribution in [3.05, 3.63) is 29.1 Å². The summed E-state index contributed by atoms with van der Waals surface area (Å²) in [5.74, 6) is 0.536. The van der Waals surface area contributed by atoms with E-state index in [0.29, 0.717) is 5.92 Å². The Morgan fingerprint density at radius 3 is 2.18 bits per heavy atom. The molecule has 1 fully saturated rings. The van der Waals surface area contributed by atoms with Crippen LogP contribution in [0, 0.1) is 19.8 Å². The fourth-order valence-electron chi connectivity index (χ4n) is 3.02. The predicted octanol–water partition coefficient (Wildman–Crippen LogP) is 2.46. The van der Waals surface area contributed by atoms with Crippen LogP contribution in [0.25, 0.3) is 0 Å². The zero-order chi connectivity index (χ0) is 12.4. The smallest absolute Gasteiger partial charge is 0.220 e. The summed E-state index contributed by atoms with van der Waals surface area (Å²) in [5.41, 5.74) is 9.34. The van der Waals surface area contributed by atoms with Gasteiger partial charge in [0.2, 0.25) is 5.91 Å².